The molecule has 0 fully saturated rings. The normalized spacial score (nSPS) is 13.8. The van der Waals surface area contributed by atoms with Gasteiger partial charge in [0.15, 0.2) is 0 Å². The Morgan fingerprint density at radius 3 is 1.89 bits per heavy atom. The van der Waals surface area contributed by atoms with Crippen LogP contribution in [-0.2, 0) is 0 Å². The van der Waals surface area contributed by atoms with Crippen LogP contribution in [0.5, 0.6) is 0 Å². The second-order valence-corrected chi connectivity index (χ2v) is 6.78. The third-order valence-electron chi connectivity index (χ3n) is 3.81. The van der Waals surface area contributed by atoms with Crippen LogP contribution < -0.4 is 5.32 Å². The molecule has 0 spiro atoms. The van der Waals surface area contributed by atoms with Crippen molar-refractivity contribution in [1.29, 1.82) is 0 Å². The summed E-state index contributed by atoms with van der Waals surface area (Å²) in [5.74, 6) is 0. The molecular formula is C17H37N. The molecule has 18 heavy (non-hydrogen) atoms. The van der Waals surface area contributed by atoms with Gasteiger partial charge in [-0.05, 0) is 24.8 Å². The Bertz CT molecular complexity index is 169. The average Bonchev–Trinajstić information content (AvgIpc) is 2.30. The lowest BCUT2D eigenvalue weighted by Gasteiger charge is -2.32. The quantitative estimate of drug-likeness (QED) is 0.478. The van der Waals surface area contributed by atoms with Gasteiger partial charge in [0.1, 0.15) is 0 Å². The maximum Gasteiger partial charge on any atom is 0.0116 e. The van der Waals surface area contributed by atoms with Crippen LogP contribution in [0.1, 0.15) is 92.4 Å². The van der Waals surface area contributed by atoms with E-state index in [1.54, 1.807) is 0 Å². The molecular weight excluding hydrogens is 218 g/mol. The zero-order valence-electron chi connectivity index (χ0n) is 13.6. The van der Waals surface area contributed by atoms with Crippen molar-refractivity contribution >= 4 is 0 Å². The lowest BCUT2D eigenvalue weighted by molar-refractivity contribution is 0.248. The predicted molar refractivity (Wildman–Crippen MR) is 84.1 cm³/mol. The molecule has 0 radical (unpaired) electrons. The largest absolute Gasteiger partial charge is 0.313 e. The summed E-state index contributed by atoms with van der Waals surface area (Å²) in [6, 6.07) is 0.690. The molecule has 0 aromatic heterocycles. The van der Waals surface area contributed by atoms with Crippen LogP contribution >= 0.6 is 0 Å². The van der Waals surface area contributed by atoms with Gasteiger partial charge in [0.25, 0.3) is 0 Å². The Morgan fingerprint density at radius 1 is 0.778 bits per heavy atom. The summed E-state index contributed by atoms with van der Waals surface area (Å²) in [5, 5.41) is 3.76. The predicted octanol–water partition coefficient (Wildman–Crippen LogP) is 5.54. The van der Waals surface area contributed by atoms with Crippen molar-refractivity contribution in [3.8, 4) is 0 Å². The van der Waals surface area contributed by atoms with Crippen LogP contribution in [0.15, 0.2) is 0 Å². The van der Waals surface area contributed by atoms with Gasteiger partial charge in [-0.15, -0.1) is 0 Å². The molecule has 0 saturated heterocycles. The lowest BCUT2D eigenvalue weighted by atomic mass is 9.83. The smallest absolute Gasteiger partial charge is 0.0116 e. The fraction of sp³-hybridized carbons (Fsp3) is 1.00. The Morgan fingerprint density at radius 2 is 1.33 bits per heavy atom. The number of rotatable bonds is 11. The molecule has 0 aromatic carbocycles. The van der Waals surface area contributed by atoms with Crippen molar-refractivity contribution < 1.29 is 0 Å². The van der Waals surface area contributed by atoms with Crippen molar-refractivity contribution in [3.05, 3.63) is 0 Å². The summed E-state index contributed by atoms with van der Waals surface area (Å²) in [7, 11) is 0. The summed E-state index contributed by atoms with van der Waals surface area (Å²) in [5.41, 5.74) is 0.400. The highest BCUT2D eigenvalue weighted by Crippen LogP contribution is 2.24. The average molecular weight is 255 g/mol. The second kappa shape index (κ2) is 10.8. The number of unbranched alkanes of at least 4 members (excludes halogenated alkanes) is 6. The van der Waals surface area contributed by atoms with E-state index >= 15 is 0 Å². The SMILES string of the molecule is CCCCCCCCC(NCCCC)C(C)(C)C. The monoisotopic (exact) mass is 255 g/mol. The van der Waals surface area contributed by atoms with E-state index in [0.29, 0.717) is 11.5 Å². The minimum Gasteiger partial charge on any atom is -0.313 e. The first kappa shape index (κ1) is 18.0. The zero-order chi connectivity index (χ0) is 13.9. The molecule has 1 unspecified atom stereocenters. The van der Waals surface area contributed by atoms with Gasteiger partial charge in [-0.2, -0.15) is 0 Å². The molecule has 0 rings (SSSR count). The third kappa shape index (κ3) is 9.94. The first-order valence-corrected chi connectivity index (χ1v) is 8.25. The van der Waals surface area contributed by atoms with Crippen LogP contribution in [0.3, 0.4) is 0 Å². The zero-order valence-corrected chi connectivity index (χ0v) is 13.6. The fourth-order valence-electron chi connectivity index (χ4n) is 2.42. The van der Waals surface area contributed by atoms with Crippen molar-refractivity contribution in [2.24, 2.45) is 5.41 Å². The molecule has 1 nitrogen and oxygen atoms in total. The number of hydrogen-bond donors (Lipinski definition) is 1. The highest BCUT2D eigenvalue weighted by Gasteiger charge is 2.22. The maximum atomic E-state index is 3.76. The second-order valence-electron chi connectivity index (χ2n) is 6.78. The Hall–Kier alpha value is -0.0400. The van der Waals surface area contributed by atoms with E-state index in [0.717, 1.165) is 0 Å². The van der Waals surface area contributed by atoms with E-state index in [9.17, 15) is 0 Å². The van der Waals surface area contributed by atoms with Crippen LogP contribution in [0.4, 0.5) is 0 Å². The maximum absolute atomic E-state index is 3.76. The van der Waals surface area contributed by atoms with Gasteiger partial charge in [0.05, 0.1) is 0 Å². The van der Waals surface area contributed by atoms with Crippen LogP contribution in [0.25, 0.3) is 0 Å². The van der Waals surface area contributed by atoms with E-state index in [1.165, 1.54) is 64.3 Å². The lowest BCUT2D eigenvalue weighted by Crippen LogP contribution is -2.40. The van der Waals surface area contributed by atoms with Gasteiger partial charge in [-0.25, -0.2) is 0 Å². The molecule has 1 heteroatoms. The van der Waals surface area contributed by atoms with Crippen molar-refractivity contribution in [2.75, 3.05) is 6.54 Å². The molecule has 0 aliphatic heterocycles. The fourth-order valence-corrected chi connectivity index (χ4v) is 2.42. The topological polar surface area (TPSA) is 12.0 Å². The molecule has 1 N–H and O–H groups in total. The van der Waals surface area contributed by atoms with Crippen LogP contribution in [0, 0.1) is 5.41 Å². The Balaban J connectivity index is 3.73. The highest BCUT2D eigenvalue weighted by atomic mass is 14.9. The van der Waals surface area contributed by atoms with Gasteiger partial charge in [0.2, 0.25) is 0 Å². The molecule has 0 bridgehead atoms. The van der Waals surface area contributed by atoms with E-state index < -0.39 is 0 Å². The van der Waals surface area contributed by atoms with Gasteiger partial charge in [0, 0.05) is 6.04 Å². The molecule has 110 valence electrons. The summed E-state index contributed by atoms with van der Waals surface area (Å²) in [4.78, 5) is 0. The summed E-state index contributed by atoms with van der Waals surface area (Å²) in [6.45, 7) is 12.8. The number of hydrogen-bond acceptors (Lipinski definition) is 1. The van der Waals surface area contributed by atoms with E-state index in [2.05, 4.69) is 39.9 Å². The first-order valence-electron chi connectivity index (χ1n) is 8.25. The molecule has 0 heterocycles. The molecule has 1 atom stereocenters. The van der Waals surface area contributed by atoms with E-state index in [4.69, 9.17) is 0 Å². The molecule has 0 saturated carbocycles. The molecule has 0 aliphatic rings. The van der Waals surface area contributed by atoms with Gasteiger partial charge < -0.3 is 5.32 Å². The Labute approximate surface area is 116 Å². The Kier molecular flexibility index (Phi) is 10.8. The highest BCUT2D eigenvalue weighted by molar-refractivity contribution is 4.80. The van der Waals surface area contributed by atoms with Crippen LogP contribution in [0.2, 0.25) is 0 Å². The molecule has 0 aromatic rings. The van der Waals surface area contributed by atoms with E-state index in [1.807, 2.05) is 0 Å². The van der Waals surface area contributed by atoms with Crippen molar-refractivity contribution in [3.63, 3.8) is 0 Å². The molecule has 0 amide bonds. The standard InChI is InChI=1S/C17H37N/c1-6-8-10-11-12-13-14-16(17(3,4)5)18-15-9-7-2/h16,18H,6-15H2,1-5H3. The third-order valence-corrected chi connectivity index (χ3v) is 3.81. The number of nitrogens with one attached hydrogen (secondary N) is 1. The molecule has 0 aliphatic carbocycles. The summed E-state index contributed by atoms with van der Waals surface area (Å²) in [6.07, 6.45) is 12.4. The van der Waals surface area contributed by atoms with Gasteiger partial charge in [-0.1, -0.05) is 79.6 Å². The van der Waals surface area contributed by atoms with Gasteiger partial charge in [-0.3, -0.25) is 0 Å². The van der Waals surface area contributed by atoms with Crippen molar-refractivity contribution in [2.45, 2.75) is 98.4 Å². The van der Waals surface area contributed by atoms with Crippen molar-refractivity contribution in [1.82, 2.24) is 5.32 Å². The van der Waals surface area contributed by atoms with Crippen LogP contribution in [-0.4, -0.2) is 12.6 Å². The minimum atomic E-state index is 0.400. The minimum absolute atomic E-state index is 0.400. The van der Waals surface area contributed by atoms with E-state index in [-0.39, 0.29) is 0 Å². The summed E-state index contributed by atoms with van der Waals surface area (Å²) >= 11 is 0. The van der Waals surface area contributed by atoms with Gasteiger partial charge >= 0.3 is 0 Å². The first-order chi connectivity index (χ1) is 8.52. The summed E-state index contributed by atoms with van der Waals surface area (Å²) < 4.78 is 0.